The number of rotatable bonds is 10. The Morgan fingerprint density at radius 1 is 1.08 bits per heavy atom. The number of nitrogens with zero attached hydrogens (tertiary/aromatic N) is 4. The standard InChI is InChI=1S/C34H39N7O7/c1-5-35-34(39-47)37-25-17-20(4)23(18-27(25)48-19(2)3)21-11-14-40(15-12-21)16-13-29(43)36-24-8-6-7-22-30(24)33(46)41(32(22)45)26-9-10-28(42)38-31(26)44/h5-8,17-19,21,26H,1,9-16H2,2-4H3,(H,35,37)(H,36,43)(H,38,42,44). The quantitative estimate of drug-likeness (QED) is 0.147. The van der Waals surface area contributed by atoms with E-state index < -0.39 is 29.7 Å². The smallest absolute Gasteiger partial charge is 0.269 e. The largest absolute Gasteiger partial charge is 0.489 e. The van der Waals surface area contributed by atoms with Crippen LogP contribution in [0.4, 0.5) is 11.4 Å². The monoisotopic (exact) mass is 657 g/mol. The molecule has 48 heavy (non-hydrogen) atoms. The molecule has 0 aromatic heterocycles. The molecule has 0 spiro atoms. The van der Waals surface area contributed by atoms with Crippen molar-refractivity contribution in [1.82, 2.24) is 15.1 Å². The first kappa shape index (κ1) is 34.1. The van der Waals surface area contributed by atoms with Crippen LogP contribution in [-0.4, -0.2) is 77.1 Å². The number of ether oxygens (including phenoxy) is 1. The van der Waals surface area contributed by atoms with Crippen LogP contribution in [0.5, 0.6) is 5.75 Å². The number of anilines is 2. The van der Waals surface area contributed by atoms with Gasteiger partial charge in [-0.15, -0.1) is 4.91 Å². The summed E-state index contributed by atoms with van der Waals surface area (Å²) in [6.07, 6.45) is 3.13. The molecule has 0 radical (unpaired) electrons. The predicted molar refractivity (Wildman–Crippen MR) is 179 cm³/mol. The zero-order valence-corrected chi connectivity index (χ0v) is 27.2. The lowest BCUT2D eigenvalue weighted by Gasteiger charge is -2.33. The van der Waals surface area contributed by atoms with Gasteiger partial charge in [0.05, 0.1) is 28.6 Å². The first-order valence-electron chi connectivity index (χ1n) is 16.0. The highest BCUT2D eigenvalue weighted by Gasteiger charge is 2.45. The number of nitrogens with one attached hydrogen (secondary N) is 3. The highest BCUT2D eigenvalue weighted by Crippen LogP contribution is 2.37. The third-order valence-electron chi connectivity index (χ3n) is 8.70. The molecule has 2 saturated heterocycles. The van der Waals surface area contributed by atoms with Crippen molar-refractivity contribution in [3.05, 3.63) is 70.3 Å². The second-order valence-corrected chi connectivity index (χ2v) is 12.3. The number of fused-ring (bicyclic) bond motifs is 1. The zero-order chi connectivity index (χ0) is 34.5. The number of imide groups is 2. The number of aryl methyl sites for hydroxylation is 1. The molecule has 3 heterocycles. The highest BCUT2D eigenvalue weighted by atomic mass is 16.5. The summed E-state index contributed by atoms with van der Waals surface area (Å²) in [4.78, 5) is 81.6. The number of hydrogen-bond acceptors (Lipinski definition) is 9. The Balaban J connectivity index is 1.18. The highest BCUT2D eigenvalue weighted by molar-refractivity contribution is 6.26. The van der Waals surface area contributed by atoms with Crippen molar-refractivity contribution in [2.24, 2.45) is 10.2 Å². The van der Waals surface area contributed by atoms with Crippen LogP contribution in [-0.2, 0) is 14.4 Å². The second kappa shape index (κ2) is 14.7. The van der Waals surface area contributed by atoms with E-state index in [2.05, 4.69) is 37.6 Å². The molecular formula is C34H39N7O7. The van der Waals surface area contributed by atoms with E-state index in [-0.39, 0.29) is 60.0 Å². The Kier molecular flexibility index (Phi) is 10.4. The van der Waals surface area contributed by atoms with E-state index in [9.17, 15) is 28.9 Å². The molecule has 2 fully saturated rings. The van der Waals surface area contributed by atoms with Crippen LogP contribution >= 0.6 is 0 Å². The van der Waals surface area contributed by atoms with Crippen LogP contribution in [0.3, 0.4) is 0 Å². The minimum Gasteiger partial charge on any atom is -0.489 e. The van der Waals surface area contributed by atoms with Crippen molar-refractivity contribution >= 4 is 46.9 Å². The molecule has 14 heteroatoms. The van der Waals surface area contributed by atoms with Crippen LogP contribution in [0.15, 0.2) is 53.3 Å². The zero-order valence-electron chi connectivity index (χ0n) is 27.2. The van der Waals surface area contributed by atoms with E-state index in [1.54, 1.807) is 12.1 Å². The molecule has 3 aliphatic rings. The second-order valence-electron chi connectivity index (χ2n) is 12.3. The lowest BCUT2D eigenvalue weighted by Crippen LogP contribution is -2.54. The van der Waals surface area contributed by atoms with Crippen molar-refractivity contribution in [3.63, 3.8) is 0 Å². The first-order valence-corrected chi connectivity index (χ1v) is 16.0. The van der Waals surface area contributed by atoms with Crippen LogP contribution in [0.1, 0.15) is 83.7 Å². The van der Waals surface area contributed by atoms with E-state index in [1.807, 2.05) is 32.9 Å². The minimum atomic E-state index is -1.08. The number of hydrogen-bond donors (Lipinski definition) is 3. The van der Waals surface area contributed by atoms with Gasteiger partial charge in [0.2, 0.25) is 17.7 Å². The maximum atomic E-state index is 13.3. The molecule has 3 N–H and O–H groups in total. The molecule has 5 rings (SSSR count). The number of benzene rings is 2. The van der Waals surface area contributed by atoms with Crippen molar-refractivity contribution in [2.75, 3.05) is 30.3 Å². The van der Waals surface area contributed by atoms with Crippen molar-refractivity contribution in [3.8, 4) is 5.75 Å². The first-order chi connectivity index (χ1) is 23.0. The van der Waals surface area contributed by atoms with Crippen LogP contribution < -0.4 is 20.7 Å². The Morgan fingerprint density at radius 2 is 1.83 bits per heavy atom. The van der Waals surface area contributed by atoms with Gasteiger partial charge in [-0.1, -0.05) is 12.6 Å². The van der Waals surface area contributed by atoms with Crippen LogP contribution in [0.25, 0.3) is 0 Å². The Morgan fingerprint density at radius 3 is 2.50 bits per heavy atom. The Hall–Kier alpha value is -5.24. The Labute approximate surface area is 277 Å². The fourth-order valence-corrected chi connectivity index (χ4v) is 6.44. The fourth-order valence-electron chi connectivity index (χ4n) is 6.44. The van der Waals surface area contributed by atoms with Gasteiger partial charge in [-0.05, 0) is 94.4 Å². The lowest BCUT2D eigenvalue weighted by molar-refractivity contribution is -0.136. The Bertz CT molecular complexity index is 1690. The average Bonchev–Trinajstić information content (AvgIpc) is 3.30. The van der Waals surface area contributed by atoms with Crippen molar-refractivity contribution < 1.29 is 28.7 Å². The number of carbonyl (C=O) groups excluding carboxylic acids is 5. The molecule has 0 aliphatic carbocycles. The number of carbonyl (C=O) groups is 5. The summed E-state index contributed by atoms with van der Waals surface area (Å²) < 4.78 is 6.06. The normalized spacial score (nSPS) is 18.9. The summed E-state index contributed by atoms with van der Waals surface area (Å²) in [5, 5.41) is 10.8. The van der Waals surface area contributed by atoms with E-state index >= 15 is 0 Å². The minimum absolute atomic E-state index is 0.0227. The molecule has 2 aromatic carbocycles. The van der Waals surface area contributed by atoms with Crippen molar-refractivity contribution in [2.45, 2.75) is 70.9 Å². The molecule has 1 unspecified atom stereocenters. The number of nitroso groups, excluding NO2 is 1. The number of guanidine groups is 1. The van der Waals surface area contributed by atoms with Gasteiger partial charge < -0.3 is 20.3 Å². The molecule has 5 amide bonds. The molecule has 0 bridgehead atoms. The predicted octanol–water partition coefficient (Wildman–Crippen LogP) is 4.07. The van der Waals surface area contributed by atoms with Gasteiger partial charge in [-0.3, -0.25) is 34.2 Å². The molecular weight excluding hydrogens is 618 g/mol. The summed E-state index contributed by atoms with van der Waals surface area (Å²) >= 11 is 0. The lowest BCUT2D eigenvalue weighted by atomic mass is 9.86. The number of aliphatic imine (C=N–C) groups is 1. The molecule has 1 atom stereocenters. The third kappa shape index (κ3) is 7.33. The average molecular weight is 658 g/mol. The van der Waals surface area contributed by atoms with Gasteiger partial charge >= 0.3 is 0 Å². The maximum absolute atomic E-state index is 13.3. The number of likely N-dealkylation sites (tertiary alicyclic amines) is 1. The van der Waals surface area contributed by atoms with E-state index in [1.165, 1.54) is 12.3 Å². The van der Waals surface area contributed by atoms with Gasteiger partial charge in [0.1, 0.15) is 11.8 Å². The van der Waals surface area contributed by atoms with E-state index in [0.29, 0.717) is 18.0 Å². The van der Waals surface area contributed by atoms with Crippen molar-refractivity contribution in [1.29, 1.82) is 0 Å². The van der Waals surface area contributed by atoms with Gasteiger partial charge in [0.15, 0.2) is 0 Å². The SMILES string of the molecule is C=C/N=C(\N=O)Nc1cc(C)c(C2CCN(CCC(=O)Nc3cccc4c3C(=O)N(C3CCC(=O)NC3=O)C4=O)CC2)cc1OC(C)C. The van der Waals surface area contributed by atoms with Crippen LogP contribution in [0, 0.1) is 11.8 Å². The number of amides is 5. The molecule has 14 nitrogen and oxygen atoms in total. The van der Waals surface area contributed by atoms with Gasteiger partial charge in [0.25, 0.3) is 17.8 Å². The third-order valence-corrected chi connectivity index (χ3v) is 8.70. The van der Waals surface area contributed by atoms with Gasteiger partial charge in [0, 0.05) is 30.8 Å². The summed E-state index contributed by atoms with van der Waals surface area (Å²) in [5.41, 5.74) is 3.14. The van der Waals surface area contributed by atoms with Gasteiger partial charge in [-0.25, -0.2) is 4.99 Å². The maximum Gasteiger partial charge on any atom is 0.269 e. The summed E-state index contributed by atoms with van der Waals surface area (Å²) in [6, 6.07) is 7.47. The topological polar surface area (TPSA) is 179 Å². The summed E-state index contributed by atoms with van der Waals surface area (Å²) in [7, 11) is 0. The summed E-state index contributed by atoms with van der Waals surface area (Å²) in [6.45, 7) is 11.4. The van der Waals surface area contributed by atoms with Crippen LogP contribution in [0.2, 0.25) is 0 Å². The van der Waals surface area contributed by atoms with E-state index in [0.717, 1.165) is 42.0 Å². The molecule has 252 valence electrons. The fraction of sp³-hybridized carbons (Fsp3) is 0.412. The molecule has 3 aliphatic heterocycles. The summed E-state index contributed by atoms with van der Waals surface area (Å²) in [5.74, 6) is -1.99. The number of piperidine rings is 2. The molecule has 2 aromatic rings. The van der Waals surface area contributed by atoms with Gasteiger partial charge in [-0.2, -0.15) is 0 Å². The van der Waals surface area contributed by atoms with E-state index in [4.69, 9.17) is 4.74 Å². The molecule has 0 saturated carbocycles.